The molecule has 1 aromatic carbocycles. The van der Waals surface area contributed by atoms with Gasteiger partial charge in [0.1, 0.15) is 5.60 Å². The van der Waals surface area contributed by atoms with Crippen LogP contribution < -0.4 is 19.8 Å². The van der Waals surface area contributed by atoms with E-state index in [1.165, 1.54) is 7.11 Å². The highest BCUT2D eigenvalue weighted by atomic mass is 16.5. The molecule has 0 aliphatic heterocycles. The zero-order valence-corrected chi connectivity index (χ0v) is 13.9. The Kier molecular flexibility index (Phi) is 4.35. The first-order chi connectivity index (χ1) is 10.2. The van der Waals surface area contributed by atoms with E-state index in [-0.39, 0.29) is 11.9 Å². The molecular weight excluding hydrogens is 284 g/mol. The highest BCUT2D eigenvalue weighted by molar-refractivity contribution is 5.89. The van der Waals surface area contributed by atoms with Crippen LogP contribution >= 0.6 is 0 Å². The summed E-state index contributed by atoms with van der Waals surface area (Å²) in [4.78, 5) is 12.2. The SMILES string of the molecule is COc1c(OC(C)C)c2cccc(OC(C)(C)C)c2oc1=O. The van der Waals surface area contributed by atoms with Gasteiger partial charge >= 0.3 is 5.63 Å². The van der Waals surface area contributed by atoms with Crippen LogP contribution in [-0.2, 0) is 0 Å². The minimum Gasteiger partial charge on any atom is -0.487 e. The third-order valence-electron chi connectivity index (χ3n) is 2.78. The van der Waals surface area contributed by atoms with Gasteiger partial charge in [-0.25, -0.2) is 4.79 Å². The molecule has 0 aliphatic rings. The Morgan fingerprint density at radius 2 is 1.82 bits per heavy atom. The van der Waals surface area contributed by atoms with Crippen LogP contribution in [0.5, 0.6) is 17.2 Å². The molecule has 22 heavy (non-hydrogen) atoms. The topological polar surface area (TPSA) is 57.9 Å². The minimum absolute atomic E-state index is 0.0640. The summed E-state index contributed by atoms with van der Waals surface area (Å²) in [5, 5.41) is 0.645. The van der Waals surface area contributed by atoms with Gasteiger partial charge in [0, 0.05) is 0 Å². The van der Waals surface area contributed by atoms with Crippen LogP contribution in [0.2, 0.25) is 0 Å². The molecule has 0 atom stereocenters. The number of benzene rings is 1. The predicted octanol–water partition coefficient (Wildman–Crippen LogP) is 3.77. The average Bonchev–Trinajstić information content (AvgIpc) is 2.37. The third-order valence-corrected chi connectivity index (χ3v) is 2.78. The van der Waals surface area contributed by atoms with E-state index in [9.17, 15) is 4.79 Å². The standard InChI is InChI=1S/C17H22O5/c1-10(2)20-14-11-8-7-9-12(22-17(3,4)5)13(11)21-16(18)15(14)19-6/h7-10H,1-6H3. The van der Waals surface area contributed by atoms with Crippen molar-refractivity contribution in [2.45, 2.75) is 46.3 Å². The summed E-state index contributed by atoms with van der Waals surface area (Å²) in [6.45, 7) is 9.56. The summed E-state index contributed by atoms with van der Waals surface area (Å²) >= 11 is 0. The van der Waals surface area contributed by atoms with Crippen molar-refractivity contribution < 1.29 is 18.6 Å². The fraction of sp³-hybridized carbons (Fsp3) is 0.471. The van der Waals surface area contributed by atoms with Gasteiger partial charge in [-0.1, -0.05) is 6.07 Å². The smallest absolute Gasteiger partial charge is 0.383 e. The number of para-hydroxylation sites is 1. The Balaban J connectivity index is 2.74. The van der Waals surface area contributed by atoms with E-state index in [0.29, 0.717) is 22.5 Å². The van der Waals surface area contributed by atoms with Crippen molar-refractivity contribution in [3.8, 4) is 17.2 Å². The first kappa shape index (κ1) is 16.2. The second kappa shape index (κ2) is 5.91. The van der Waals surface area contributed by atoms with E-state index >= 15 is 0 Å². The number of hydrogen-bond acceptors (Lipinski definition) is 5. The Bertz CT molecular complexity index is 722. The molecule has 1 heterocycles. The van der Waals surface area contributed by atoms with Gasteiger partial charge in [-0.15, -0.1) is 0 Å². The first-order valence-corrected chi connectivity index (χ1v) is 7.22. The van der Waals surface area contributed by atoms with Crippen molar-refractivity contribution in [3.63, 3.8) is 0 Å². The summed E-state index contributed by atoms with van der Waals surface area (Å²) in [5.74, 6) is 0.940. The third kappa shape index (κ3) is 3.35. The lowest BCUT2D eigenvalue weighted by atomic mass is 10.1. The van der Waals surface area contributed by atoms with Gasteiger partial charge in [0.15, 0.2) is 17.1 Å². The molecule has 0 fully saturated rings. The van der Waals surface area contributed by atoms with Crippen molar-refractivity contribution in [3.05, 3.63) is 28.6 Å². The molecule has 0 N–H and O–H groups in total. The molecule has 5 heteroatoms. The number of hydrogen-bond donors (Lipinski definition) is 0. The summed E-state index contributed by atoms with van der Waals surface area (Å²) < 4.78 is 22.2. The molecule has 0 spiro atoms. The molecule has 2 aromatic rings. The van der Waals surface area contributed by atoms with Gasteiger partial charge in [-0.3, -0.25) is 0 Å². The molecule has 2 rings (SSSR count). The van der Waals surface area contributed by atoms with Gasteiger partial charge in [-0.2, -0.15) is 0 Å². The van der Waals surface area contributed by atoms with Gasteiger partial charge in [0.2, 0.25) is 5.75 Å². The zero-order valence-electron chi connectivity index (χ0n) is 13.9. The van der Waals surface area contributed by atoms with Crippen molar-refractivity contribution in [1.29, 1.82) is 0 Å². The van der Waals surface area contributed by atoms with Crippen LogP contribution in [0.15, 0.2) is 27.4 Å². The van der Waals surface area contributed by atoms with Crippen LogP contribution in [0.25, 0.3) is 11.0 Å². The van der Waals surface area contributed by atoms with Gasteiger partial charge in [-0.05, 0) is 46.8 Å². The fourth-order valence-electron chi connectivity index (χ4n) is 2.09. The van der Waals surface area contributed by atoms with Gasteiger partial charge in [0.25, 0.3) is 0 Å². The number of fused-ring (bicyclic) bond motifs is 1. The number of rotatable bonds is 4. The van der Waals surface area contributed by atoms with Crippen molar-refractivity contribution in [2.75, 3.05) is 7.11 Å². The van der Waals surface area contributed by atoms with E-state index in [4.69, 9.17) is 18.6 Å². The quantitative estimate of drug-likeness (QED) is 0.805. The summed E-state index contributed by atoms with van der Waals surface area (Å²) in [6.07, 6.45) is -0.105. The van der Waals surface area contributed by atoms with Crippen molar-refractivity contribution in [1.82, 2.24) is 0 Å². The van der Waals surface area contributed by atoms with Crippen LogP contribution in [0.3, 0.4) is 0 Å². The number of methoxy groups -OCH3 is 1. The van der Waals surface area contributed by atoms with Crippen molar-refractivity contribution >= 4 is 11.0 Å². The minimum atomic E-state index is -0.587. The molecule has 0 saturated carbocycles. The highest BCUT2D eigenvalue weighted by Gasteiger charge is 2.22. The van der Waals surface area contributed by atoms with E-state index in [1.807, 2.05) is 46.8 Å². The Hall–Kier alpha value is -2.17. The Morgan fingerprint density at radius 3 is 2.36 bits per heavy atom. The number of ether oxygens (including phenoxy) is 3. The molecular formula is C17H22O5. The predicted molar refractivity (Wildman–Crippen MR) is 85.2 cm³/mol. The zero-order chi connectivity index (χ0) is 16.5. The largest absolute Gasteiger partial charge is 0.487 e. The summed E-state index contributed by atoms with van der Waals surface area (Å²) in [6, 6.07) is 5.41. The molecule has 0 saturated heterocycles. The summed E-state index contributed by atoms with van der Waals surface area (Å²) in [7, 11) is 1.42. The van der Waals surface area contributed by atoms with Crippen LogP contribution in [-0.4, -0.2) is 18.8 Å². The lowest BCUT2D eigenvalue weighted by Crippen LogP contribution is -2.23. The highest BCUT2D eigenvalue weighted by Crippen LogP contribution is 2.38. The molecule has 0 bridgehead atoms. The average molecular weight is 306 g/mol. The molecule has 1 aromatic heterocycles. The van der Waals surface area contributed by atoms with Crippen LogP contribution in [0.4, 0.5) is 0 Å². The van der Waals surface area contributed by atoms with Crippen LogP contribution in [0.1, 0.15) is 34.6 Å². The molecule has 0 unspecified atom stereocenters. The fourth-order valence-corrected chi connectivity index (χ4v) is 2.09. The molecule has 0 aliphatic carbocycles. The first-order valence-electron chi connectivity index (χ1n) is 7.22. The van der Waals surface area contributed by atoms with E-state index in [2.05, 4.69) is 0 Å². The van der Waals surface area contributed by atoms with Gasteiger partial charge < -0.3 is 18.6 Å². The Labute approximate surface area is 129 Å². The maximum Gasteiger partial charge on any atom is 0.383 e. The summed E-state index contributed by atoms with van der Waals surface area (Å²) in [5.41, 5.74) is -0.638. The monoisotopic (exact) mass is 306 g/mol. The van der Waals surface area contributed by atoms with Crippen LogP contribution in [0, 0.1) is 0 Å². The lowest BCUT2D eigenvalue weighted by molar-refractivity contribution is 0.131. The normalized spacial score (nSPS) is 11.8. The Morgan fingerprint density at radius 1 is 1.14 bits per heavy atom. The van der Waals surface area contributed by atoms with E-state index in [0.717, 1.165) is 0 Å². The lowest BCUT2D eigenvalue weighted by Gasteiger charge is -2.22. The molecule has 0 radical (unpaired) electrons. The second-order valence-corrected chi connectivity index (χ2v) is 6.27. The van der Waals surface area contributed by atoms with E-state index < -0.39 is 11.2 Å². The maximum atomic E-state index is 12.2. The van der Waals surface area contributed by atoms with Gasteiger partial charge in [0.05, 0.1) is 18.6 Å². The molecule has 5 nitrogen and oxygen atoms in total. The molecule has 120 valence electrons. The second-order valence-electron chi connectivity index (χ2n) is 6.27. The maximum absolute atomic E-state index is 12.2. The molecule has 0 amide bonds. The van der Waals surface area contributed by atoms with E-state index in [1.54, 1.807) is 6.07 Å². The van der Waals surface area contributed by atoms with Crippen molar-refractivity contribution in [2.24, 2.45) is 0 Å².